The second-order valence-corrected chi connectivity index (χ2v) is 5.99. The summed E-state index contributed by atoms with van der Waals surface area (Å²) >= 11 is 0. The molecule has 2 rings (SSSR count). The van der Waals surface area contributed by atoms with Crippen molar-refractivity contribution in [3.8, 4) is 0 Å². The minimum atomic E-state index is -0.331. The van der Waals surface area contributed by atoms with Gasteiger partial charge in [-0.15, -0.1) is 0 Å². The van der Waals surface area contributed by atoms with Crippen molar-refractivity contribution in [2.24, 2.45) is 17.8 Å². The summed E-state index contributed by atoms with van der Waals surface area (Å²) in [5.41, 5.74) is 0. The lowest BCUT2D eigenvalue weighted by Crippen LogP contribution is -2.47. The Morgan fingerprint density at radius 1 is 1.26 bits per heavy atom. The second-order valence-electron chi connectivity index (χ2n) is 5.99. The lowest BCUT2D eigenvalue weighted by Gasteiger charge is -2.30. The topological polar surface area (TPSA) is 46.6 Å². The van der Waals surface area contributed by atoms with E-state index in [2.05, 4.69) is 13.8 Å². The zero-order chi connectivity index (χ0) is 14.2. The van der Waals surface area contributed by atoms with Crippen LogP contribution in [0.1, 0.15) is 47.0 Å². The molecule has 2 fully saturated rings. The number of amides is 1. The second kappa shape index (κ2) is 5.51. The van der Waals surface area contributed by atoms with Crippen molar-refractivity contribution in [3.05, 3.63) is 0 Å². The molecule has 0 bridgehead atoms. The Kier molecular flexibility index (Phi) is 4.16. The summed E-state index contributed by atoms with van der Waals surface area (Å²) < 4.78 is 5.11. The lowest BCUT2D eigenvalue weighted by molar-refractivity contribution is -0.155. The Morgan fingerprint density at radius 2 is 1.95 bits per heavy atom. The molecule has 19 heavy (non-hydrogen) atoms. The number of piperidine rings is 1. The fourth-order valence-electron chi connectivity index (χ4n) is 3.05. The highest BCUT2D eigenvalue weighted by Crippen LogP contribution is 2.48. The number of hydrogen-bond acceptors (Lipinski definition) is 3. The Balaban J connectivity index is 2.07. The molecule has 0 radical (unpaired) electrons. The van der Waals surface area contributed by atoms with Crippen LogP contribution in [0.5, 0.6) is 0 Å². The molecule has 0 aromatic carbocycles. The quantitative estimate of drug-likeness (QED) is 0.718. The molecule has 0 spiro atoms. The number of hydrogen-bond donors (Lipinski definition) is 0. The summed E-state index contributed by atoms with van der Waals surface area (Å²) in [7, 11) is 0. The van der Waals surface area contributed by atoms with Gasteiger partial charge in [-0.1, -0.05) is 27.2 Å². The molecule has 108 valence electrons. The highest BCUT2D eigenvalue weighted by molar-refractivity contribution is 5.87. The molecule has 0 aromatic rings. The van der Waals surface area contributed by atoms with Gasteiger partial charge in [0.05, 0.1) is 6.61 Å². The van der Waals surface area contributed by atoms with Crippen LogP contribution in [0.25, 0.3) is 0 Å². The summed E-state index contributed by atoms with van der Waals surface area (Å²) in [5, 5.41) is 0. The SMILES string of the molecule is CCOC(=O)[C@@H]1CC2CC2N1C(=O)[C@@H](C)C(C)CC. The van der Waals surface area contributed by atoms with Gasteiger partial charge in [0.25, 0.3) is 0 Å². The van der Waals surface area contributed by atoms with Gasteiger partial charge in [0, 0.05) is 12.0 Å². The zero-order valence-corrected chi connectivity index (χ0v) is 12.4. The van der Waals surface area contributed by atoms with Crippen molar-refractivity contribution in [1.82, 2.24) is 4.90 Å². The molecule has 1 heterocycles. The summed E-state index contributed by atoms with van der Waals surface area (Å²) in [6.07, 6.45) is 2.84. The molecule has 1 aliphatic heterocycles. The average Bonchev–Trinajstić information content (AvgIpc) is 3.07. The maximum absolute atomic E-state index is 12.6. The third-order valence-electron chi connectivity index (χ3n) is 4.80. The lowest BCUT2D eigenvalue weighted by atomic mass is 9.92. The first-order valence-electron chi connectivity index (χ1n) is 7.50. The normalized spacial score (nSPS) is 31.6. The number of carbonyl (C=O) groups excluding carboxylic acids is 2. The van der Waals surface area contributed by atoms with Crippen LogP contribution in [0.2, 0.25) is 0 Å². The van der Waals surface area contributed by atoms with E-state index in [4.69, 9.17) is 4.74 Å². The van der Waals surface area contributed by atoms with Crippen LogP contribution in [-0.4, -0.2) is 35.5 Å². The summed E-state index contributed by atoms with van der Waals surface area (Å²) in [6, 6.07) is -0.0314. The van der Waals surface area contributed by atoms with Gasteiger partial charge in [0.15, 0.2) is 0 Å². The van der Waals surface area contributed by atoms with Crippen molar-refractivity contribution < 1.29 is 14.3 Å². The molecule has 1 aliphatic carbocycles. The van der Waals surface area contributed by atoms with Crippen LogP contribution in [0, 0.1) is 17.8 Å². The number of esters is 1. The van der Waals surface area contributed by atoms with E-state index in [0.717, 1.165) is 19.3 Å². The van der Waals surface area contributed by atoms with E-state index in [1.807, 2.05) is 18.7 Å². The molecule has 1 amide bonds. The molecule has 3 unspecified atom stereocenters. The first-order valence-corrected chi connectivity index (χ1v) is 7.50. The largest absolute Gasteiger partial charge is 0.464 e. The van der Waals surface area contributed by atoms with Crippen molar-refractivity contribution >= 4 is 11.9 Å². The number of nitrogens with zero attached hydrogens (tertiary/aromatic N) is 1. The first kappa shape index (κ1) is 14.4. The molecule has 1 saturated heterocycles. The van der Waals surface area contributed by atoms with Crippen LogP contribution in [0.4, 0.5) is 0 Å². The number of rotatable bonds is 5. The maximum Gasteiger partial charge on any atom is 0.328 e. The van der Waals surface area contributed by atoms with E-state index in [0.29, 0.717) is 24.5 Å². The van der Waals surface area contributed by atoms with Gasteiger partial charge in [-0.05, 0) is 31.6 Å². The predicted octanol–water partition coefficient (Wildman–Crippen LogP) is 2.22. The molecule has 5 atom stereocenters. The fraction of sp³-hybridized carbons (Fsp3) is 0.867. The van der Waals surface area contributed by atoms with E-state index >= 15 is 0 Å². The number of likely N-dealkylation sites (tertiary alicyclic amines) is 1. The number of fused-ring (bicyclic) bond motifs is 1. The maximum atomic E-state index is 12.6. The van der Waals surface area contributed by atoms with Crippen LogP contribution < -0.4 is 0 Å². The minimum Gasteiger partial charge on any atom is -0.464 e. The zero-order valence-electron chi connectivity index (χ0n) is 12.4. The molecule has 0 N–H and O–H groups in total. The molecular formula is C15H25NO3. The van der Waals surface area contributed by atoms with Gasteiger partial charge in [0.2, 0.25) is 5.91 Å². The highest BCUT2D eigenvalue weighted by Gasteiger charge is 2.57. The van der Waals surface area contributed by atoms with Crippen molar-refractivity contribution in [3.63, 3.8) is 0 Å². The molecule has 4 nitrogen and oxygen atoms in total. The third kappa shape index (κ3) is 2.63. The highest BCUT2D eigenvalue weighted by atomic mass is 16.5. The van der Waals surface area contributed by atoms with E-state index < -0.39 is 0 Å². The fourth-order valence-corrected chi connectivity index (χ4v) is 3.05. The van der Waals surface area contributed by atoms with Crippen molar-refractivity contribution in [2.75, 3.05) is 6.61 Å². The van der Waals surface area contributed by atoms with Crippen LogP contribution in [-0.2, 0) is 14.3 Å². The number of ether oxygens (including phenoxy) is 1. The smallest absolute Gasteiger partial charge is 0.328 e. The monoisotopic (exact) mass is 267 g/mol. The molecule has 0 aromatic heterocycles. The molecule has 2 aliphatic rings. The number of carbonyl (C=O) groups is 2. The Bertz CT molecular complexity index is 368. The molecular weight excluding hydrogens is 242 g/mol. The minimum absolute atomic E-state index is 0.0127. The van der Waals surface area contributed by atoms with Crippen molar-refractivity contribution in [2.45, 2.75) is 59.0 Å². The van der Waals surface area contributed by atoms with Gasteiger partial charge in [-0.25, -0.2) is 4.79 Å². The average molecular weight is 267 g/mol. The van der Waals surface area contributed by atoms with Crippen molar-refractivity contribution in [1.29, 1.82) is 0 Å². The van der Waals surface area contributed by atoms with Gasteiger partial charge in [-0.3, -0.25) is 4.79 Å². The Hall–Kier alpha value is -1.06. The summed E-state index contributed by atoms with van der Waals surface area (Å²) in [4.78, 5) is 26.4. The molecule has 4 heteroatoms. The predicted molar refractivity (Wildman–Crippen MR) is 72.4 cm³/mol. The molecule has 1 saturated carbocycles. The van der Waals surface area contributed by atoms with E-state index in [9.17, 15) is 9.59 Å². The first-order chi connectivity index (χ1) is 9.01. The Labute approximate surface area is 115 Å². The van der Waals surface area contributed by atoms with E-state index in [-0.39, 0.29) is 23.8 Å². The van der Waals surface area contributed by atoms with Gasteiger partial charge in [-0.2, -0.15) is 0 Å². The summed E-state index contributed by atoms with van der Waals surface area (Å²) in [6.45, 7) is 8.37. The Morgan fingerprint density at radius 3 is 2.53 bits per heavy atom. The summed E-state index contributed by atoms with van der Waals surface area (Å²) in [5.74, 6) is 0.786. The standard InChI is InChI=1S/C15H25NO3/c1-5-9(3)10(4)14(17)16-12-7-11(12)8-13(16)15(18)19-6-2/h9-13H,5-8H2,1-4H3/t9?,10-,11?,12?,13-/m0/s1. The van der Waals surface area contributed by atoms with E-state index in [1.54, 1.807) is 0 Å². The van der Waals surface area contributed by atoms with Crippen LogP contribution in [0.15, 0.2) is 0 Å². The third-order valence-corrected chi connectivity index (χ3v) is 4.80. The van der Waals surface area contributed by atoms with Gasteiger partial charge >= 0.3 is 5.97 Å². The van der Waals surface area contributed by atoms with E-state index in [1.165, 1.54) is 0 Å². The van der Waals surface area contributed by atoms with Crippen LogP contribution in [0.3, 0.4) is 0 Å². The van der Waals surface area contributed by atoms with Gasteiger partial charge in [0.1, 0.15) is 6.04 Å². The van der Waals surface area contributed by atoms with Gasteiger partial charge < -0.3 is 9.64 Å². The van der Waals surface area contributed by atoms with Crippen LogP contribution >= 0.6 is 0 Å².